The Kier molecular flexibility index (Phi) is 3.95. The molecular weight excluding hydrogens is 218 g/mol. The number of nitrogens with one attached hydrogen (secondary N) is 1. The average molecular weight is 239 g/mol. The van der Waals surface area contributed by atoms with E-state index >= 15 is 0 Å². The van der Waals surface area contributed by atoms with Crippen molar-refractivity contribution in [3.8, 4) is 0 Å². The first-order valence-corrected chi connectivity index (χ1v) is 6.86. The maximum Gasteiger partial charge on any atom is 0.0798 e. The molecule has 0 bridgehead atoms. The van der Waals surface area contributed by atoms with Crippen LogP contribution in [0.15, 0.2) is 5.51 Å². The Morgan fingerprint density at radius 3 is 3.06 bits per heavy atom. The van der Waals surface area contributed by atoms with Crippen LogP contribution in [0, 0.1) is 12.8 Å². The average Bonchev–Trinajstić information content (AvgIpc) is 2.84. The van der Waals surface area contributed by atoms with Crippen LogP contribution < -0.4 is 5.32 Å². The van der Waals surface area contributed by atoms with Gasteiger partial charge in [-0.25, -0.2) is 4.98 Å². The molecule has 0 spiro atoms. The molecule has 2 heterocycles. The normalized spacial score (nSPS) is 23.8. The molecule has 0 radical (unpaired) electrons. The lowest BCUT2D eigenvalue weighted by Crippen LogP contribution is -2.27. The molecule has 4 heteroatoms. The second kappa shape index (κ2) is 5.25. The molecule has 1 aliphatic rings. The maximum absolute atomic E-state index is 4.30. The van der Waals surface area contributed by atoms with Crippen LogP contribution in [0.4, 0.5) is 0 Å². The van der Waals surface area contributed by atoms with Crippen LogP contribution in [-0.2, 0) is 0 Å². The van der Waals surface area contributed by atoms with E-state index in [0.717, 1.165) is 12.5 Å². The van der Waals surface area contributed by atoms with Crippen molar-refractivity contribution in [1.29, 1.82) is 0 Å². The minimum atomic E-state index is 0.443. The molecule has 0 saturated carbocycles. The second-order valence-electron chi connectivity index (χ2n) is 4.85. The summed E-state index contributed by atoms with van der Waals surface area (Å²) in [6.45, 7) is 7.94. The number of aryl methyl sites for hydroxylation is 1. The summed E-state index contributed by atoms with van der Waals surface area (Å²) in [5, 5.41) is 3.63. The third kappa shape index (κ3) is 2.81. The van der Waals surface area contributed by atoms with Crippen molar-refractivity contribution in [2.75, 3.05) is 26.7 Å². The van der Waals surface area contributed by atoms with E-state index in [2.05, 4.69) is 36.1 Å². The fourth-order valence-electron chi connectivity index (χ4n) is 2.36. The molecule has 0 amide bonds. The highest BCUT2D eigenvalue weighted by Gasteiger charge is 2.20. The molecule has 1 saturated heterocycles. The van der Waals surface area contributed by atoms with Gasteiger partial charge in [-0.1, -0.05) is 0 Å². The Hall–Kier alpha value is -0.450. The maximum atomic E-state index is 4.30. The van der Waals surface area contributed by atoms with Crippen molar-refractivity contribution < 1.29 is 0 Å². The number of likely N-dealkylation sites (tertiary alicyclic amines) is 1. The van der Waals surface area contributed by atoms with Crippen molar-refractivity contribution in [2.45, 2.75) is 26.3 Å². The van der Waals surface area contributed by atoms with Crippen LogP contribution in [0.5, 0.6) is 0 Å². The van der Waals surface area contributed by atoms with E-state index in [4.69, 9.17) is 0 Å². The quantitative estimate of drug-likeness (QED) is 0.871. The van der Waals surface area contributed by atoms with Crippen molar-refractivity contribution in [2.24, 2.45) is 5.92 Å². The highest BCUT2D eigenvalue weighted by molar-refractivity contribution is 7.09. The zero-order valence-electron chi connectivity index (χ0n) is 10.4. The molecule has 90 valence electrons. The van der Waals surface area contributed by atoms with Gasteiger partial charge >= 0.3 is 0 Å². The Bertz CT molecular complexity index is 337. The van der Waals surface area contributed by atoms with Gasteiger partial charge in [0.1, 0.15) is 0 Å². The van der Waals surface area contributed by atoms with Gasteiger partial charge in [-0.05, 0) is 46.3 Å². The van der Waals surface area contributed by atoms with Crippen molar-refractivity contribution in [3.05, 3.63) is 16.1 Å². The first-order chi connectivity index (χ1) is 7.66. The summed E-state index contributed by atoms with van der Waals surface area (Å²) in [7, 11) is 2.21. The van der Waals surface area contributed by atoms with Crippen molar-refractivity contribution in [3.63, 3.8) is 0 Å². The van der Waals surface area contributed by atoms with Gasteiger partial charge in [-0.2, -0.15) is 0 Å². The molecular formula is C12H21N3S. The van der Waals surface area contributed by atoms with Gasteiger partial charge in [0, 0.05) is 17.5 Å². The number of hydrogen-bond donors (Lipinski definition) is 1. The van der Waals surface area contributed by atoms with E-state index in [1.54, 1.807) is 11.3 Å². The van der Waals surface area contributed by atoms with Gasteiger partial charge in [0.15, 0.2) is 0 Å². The summed E-state index contributed by atoms with van der Waals surface area (Å²) in [5.41, 5.74) is 3.11. The molecule has 2 unspecified atom stereocenters. The Morgan fingerprint density at radius 2 is 2.50 bits per heavy atom. The minimum absolute atomic E-state index is 0.443. The molecule has 0 aliphatic carbocycles. The van der Waals surface area contributed by atoms with Crippen molar-refractivity contribution >= 4 is 11.3 Å². The lowest BCUT2D eigenvalue weighted by Gasteiger charge is -2.16. The highest BCUT2D eigenvalue weighted by Crippen LogP contribution is 2.22. The number of thiazole rings is 1. The van der Waals surface area contributed by atoms with E-state index in [9.17, 15) is 0 Å². The van der Waals surface area contributed by atoms with Crippen LogP contribution in [0.2, 0.25) is 0 Å². The van der Waals surface area contributed by atoms with Gasteiger partial charge in [0.2, 0.25) is 0 Å². The molecule has 1 N–H and O–H groups in total. The number of hydrogen-bond acceptors (Lipinski definition) is 4. The smallest absolute Gasteiger partial charge is 0.0798 e. The van der Waals surface area contributed by atoms with Gasteiger partial charge in [-0.3, -0.25) is 0 Å². The molecule has 0 aromatic carbocycles. The summed E-state index contributed by atoms with van der Waals surface area (Å²) < 4.78 is 0. The summed E-state index contributed by atoms with van der Waals surface area (Å²) in [5.74, 6) is 0.820. The molecule has 16 heavy (non-hydrogen) atoms. The monoisotopic (exact) mass is 239 g/mol. The number of aromatic nitrogens is 1. The highest BCUT2D eigenvalue weighted by atomic mass is 32.1. The molecule has 2 rings (SSSR count). The first-order valence-electron chi connectivity index (χ1n) is 5.98. The molecule has 1 fully saturated rings. The second-order valence-corrected chi connectivity index (χ2v) is 5.74. The summed E-state index contributed by atoms with van der Waals surface area (Å²) >= 11 is 1.76. The van der Waals surface area contributed by atoms with E-state index in [0.29, 0.717) is 6.04 Å². The van der Waals surface area contributed by atoms with Crippen molar-refractivity contribution in [1.82, 2.24) is 15.2 Å². The summed E-state index contributed by atoms with van der Waals surface area (Å²) in [6.07, 6.45) is 1.33. The van der Waals surface area contributed by atoms with E-state index < -0.39 is 0 Å². The fraction of sp³-hybridized carbons (Fsp3) is 0.750. The van der Waals surface area contributed by atoms with Crippen LogP contribution in [0.1, 0.15) is 30.0 Å². The Labute approximate surface area is 102 Å². The predicted octanol–water partition coefficient (Wildman–Crippen LogP) is 2.05. The van der Waals surface area contributed by atoms with Gasteiger partial charge < -0.3 is 10.2 Å². The third-order valence-electron chi connectivity index (χ3n) is 3.38. The molecule has 3 nitrogen and oxygen atoms in total. The van der Waals surface area contributed by atoms with E-state index in [1.807, 2.05) is 5.51 Å². The van der Waals surface area contributed by atoms with Gasteiger partial charge in [0.05, 0.1) is 11.2 Å². The SMILES string of the molecule is Cc1ncsc1C(C)NCC1CCN(C)C1. The van der Waals surface area contributed by atoms with Crippen LogP contribution in [0.25, 0.3) is 0 Å². The number of nitrogens with zero attached hydrogens (tertiary/aromatic N) is 2. The Morgan fingerprint density at radius 1 is 1.69 bits per heavy atom. The first kappa shape index (κ1) is 12.0. The lowest BCUT2D eigenvalue weighted by molar-refractivity contribution is 0.382. The number of rotatable bonds is 4. The molecule has 2 atom stereocenters. The van der Waals surface area contributed by atoms with Crippen LogP contribution >= 0.6 is 11.3 Å². The van der Waals surface area contributed by atoms with Gasteiger partial charge in [0.25, 0.3) is 0 Å². The zero-order valence-corrected chi connectivity index (χ0v) is 11.2. The van der Waals surface area contributed by atoms with E-state index in [-0.39, 0.29) is 0 Å². The largest absolute Gasteiger partial charge is 0.309 e. The van der Waals surface area contributed by atoms with Crippen LogP contribution in [-0.4, -0.2) is 36.6 Å². The minimum Gasteiger partial charge on any atom is -0.309 e. The third-order valence-corrected chi connectivity index (χ3v) is 4.49. The lowest BCUT2D eigenvalue weighted by atomic mass is 10.1. The van der Waals surface area contributed by atoms with Gasteiger partial charge in [-0.15, -0.1) is 11.3 Å². The topological polar surface area (TPSA) is 28.2 Å². The summed E-state index contributed by atoms with van der Waals surface area (Å²) in [6, 6.07) is 0.443. The molecule has 1 aliphatic heterocycles. The zero-order chi connectivity index (χ0) is 11.5. The van der Waals surface area contributed by atoms with E-state index in [1.165, 1.54) is 30.1 Å². The summed E-state index contributed by atoms with van der Waals surface area (Å²) in [4.78, 5) is 8.09. The Balaban J connectivity index is 1.80. The van der Waals surface area contributed by atoms with Crippen LogP contribution in [0.3, 0.4) is 0 Å². The fourth-order valence-corrected chi connectivity index (χ4v) is 3.19. The standard InChI is InChI=1S/C12H21N3S/c1-9(12-10(2)14-8-16-12)13-6-11-4-5-15(3)7-11/h8-9,11,13H,4-7H2,1-3H3. The molecule has 1 aromatic rings. The predicted molar refractivity (Wildman–Crippen MR) is 68.9 cm³/mol. The molecule has 1 aromatic heterocycles.